The Morgan fingerprint density at radius 3 is 2.35 bits per heavy atom. The van der Waals surface area contributed by atoms with Crippen LogP contribution in [-0.2, 0) is 11.3 Å². The Bertz CT molecular complexity index is 1360. The molecule has 3 aromatic rings. The number of alkyl carbamates (subject to hydrolysis) is 1. The summed E-state index contributed by atoms with van der Waals surface area (Å²) in [7, 11) is 0. The summed E-state index contributed by atoms with van der Waals surface area (Å²) in [5, 5.41) is 9.35. The van der Waals surface area contributed by atoms with Gasteiger partial charge in [-0.15, -0.1) is 0 Å². The number of carbonyl (C=O) groups excluding carboxylic acids is 3. The number of fused-ring (bicyclic) bond motifs is 1. The van der Waals surface area contributed by atoms with Gasteiger partial charge in [-0.05, 0) is 51.3 Å². The van der Waals surface area contributed by atoms with Crippen LogP contribution in [0.25, 0.3) is 22.2 Å². The normalized spacial score (nSPS) is 14.8. The maximum atomic E-state index is 13.6. The number of nitrogens with one attached hydrogen (secondary N) is 3. The van der Waals surface area contributed by atoms with Gasteiger partial charge in [0.1, 0.15) is 6.61 Å². The number of primary amides is 1. The fourth-order valence-electron chi connectivity index (χ4n) is 5.09. The van der Waals surface area contributed by atoms with Crippen molar-refractivity contribution in [2.75, 3.05) is 13.2 Å². The Morgan fingerprint density at radius 1 is 0.975 bits per heavy atom. The highest BCUT2D eigenvalue weighted by Gasteiger charge is 2.34. The molecule has 0 aliphatic heterocycles. The highest BCUT2D eigenvalue weighted by Crippen LogP contribution is 2.36. The number of amides is 4. The largest absolute Gasteiger partial charge is 0.449 e. The van der Waals surface area contributed by atoms with Crippen molar-refractivity contribution in [3.8, 4) is 11.3 Å². The lowest BCUT2D eigenvalue weighted by molar-refractivity contribution is 0.0503. The third kappa shape index (κ3) is 7.71. The topological polar surface area (TPSA) is 135 Å². The van der Waals surface area contributed by atoms with Gasteiger partial charge in [-0.3, -0.25) is 4.79 Å². The molecule has 9 nitrogen and oxygen atoms in total. The maximum Gasteiger partial charge on any atom is 0.407 e. The monoisotopic (exact) mass is 545 g/mol. The molecule has 212 valence electrons. The van der Waals surface area contributed by atoms with Crippen LogP contribution in [0.3, 0.4) is 0 Å². The molecule has 1 aliphatic rings. The zero-order chi connectivity index (χ0) is 28.8. The lowest BCUT2D eigenvalue weighted by Crippen LogP contribution is -2.45. The van der Waals surface area contributed by atoms with E-state index >= 15 is 0 Å². The van der Waals surface area contributed by atoms with Crippen LogP contribution in [0.1, 0.15) is 68.8 Å². The molecule has 0 spiro atoms. The van der Waals surface area contributed by atoms with E-state index in [1.807, 2.05) is 75.4 Å². The van der Waals surface area contributed by atoms with Crippen molar-refractivity contribution in [2.24, 2.45) is 11.1 Å². The van der Waals surface area contributed by atoms with Gasteiger partial charge in [-0.1, -0.05) is 61.7 Å². The maximum absolute atomic E-state index is 13.6. The highest BCUT2D eigenvalue weighted by molar-refractivity contribution is 6.07. The molecule has 1 saturated carbocycles. The molecule has 4 amide bonds. The van der Waals surface area contributed by atoms with Crippen molar-refractivity contribution in [3.05, 3.63) is 65.7 Å². The molecule has 9 heteroatoms. The van der Waals surface area contributed by atoms with Crippen molar-refractivity contribution in [1.29, 1.82) is 0 Å². The molecule has 1 heterocycles. The Morgan fingerprint density at radius 2 is 1.68 bits per heavy atom. The minimum Gasteiger partial charge on any atom is -0.449 e. The second-order valence-corrected chi connectivity index (χ2v) is 11.7. The molecule has 40 heavy (non-hydrogen) atoms. The standard InChI is InChI=1S/C31H39N5O4/c1-30(2,3)36-29(39)40-20-31(15-7-4-8-16-31)19-34-27(37)24-17-26(35-25-10-6-5-9-23(24)25)22-13-11-21(12-14-22)18-33-28(32)38/h5-6,9-14,17H,4,7-8,15-16,18-20H2,1-3H3,(H,34,37)(H,36,39)(H3,32,33,38). The Labute approximate surface area is 235 Å². The Balaban J connectivity index is 1.53. The highest BCUT2D eigenvalue weighted by atomic mass is 16.5. The first-order valence-electron chi connectivity index (χ1n) is 13.8. The van der Waals surface area contributed by atoms with Gasteiger partial charge in [0, 0.05) is 35.0 Å². The lowest BCUT2D eigenvalue weighted by Gasteiger charge is -2.37. The second-order valence-electron chi connectivity index (χ2n) is 11.7. The predicted octanol–water partition coefficient (Wildman–Crippen LogP) is 5.28. The van der Waals surface area contributed by atoms with Crippen molar-refractivity contribution in [1.82, 2.24) is 20.9 Å². The van der Waals surface area contributed by atoms with E-state index in [1.165, 1.54) is 0 Å². The smallest absolute Gasteiger partial charge is 0.407 e. The summed E-state index contributed by atoms with van der Waals surface area (Å²) in [4.78, 5) is 41.8. The summed E-state index contributed by atoms with van der Waals surface area (Å²) >= 11 is 0. The molecule has 2 aromatic carbocycles. The Kier molecular flexibility index (Phi) is 8.92. The minimum absolute atomic E-state index is 0.189. The molecule has 0 bridgehead atoms. The SMILES string of the molecule is CC(C)(C)NC(=O)OCC1(CNC(=O)c2cc(-c3ccc(CNC(N)=O)cc3)nc3ccccc23)CCCCC1. The van der Waals surface area contributed by atoms with Crippen molar-refractivity contribution in [2.45, 2.75) is 65.0 Å². The van der Waals surface area contributed by atoms with E-state index in [2.05, 4.69) is 16.0 Å². The van der Waals surface area contributed by atoms with Crippen LogP contribution in [0, 0.1) is 5.41 Å². The van der Waals surface area contributed by atoms with Crippen LogP contribution in [-0.4, -0.2) is 41.7 Å². The molecule has 1 aromatic heterocycles. The van der Waals surface area contributed by atoms with Gasteiger partial charge in [0.05, 0.1) is 16.8 Å². The Hall–Kier alpha value is -4.14. The average Bonchev–Trinajstić information content (AvgIpc) is 2.93. The summed E-state index contributed by atoms with van der Waals surface area (Å²) < 4.78 is 5.64. The van der Waals surface area contributed by atoms with Gasteiger partial charge in [0.2, 0.25) is 0 Å². The first kappa shape index (κ1) is 28.9. The zero-order valence-electron chi connectivity index (χ0n) is 23.5. The van der Waals surface area contributed by atoms with E-state index in [-0.39, 0.29) is 23.5 Å². The zero-order valence-corrected chi connectivity index (χ0v) is 23.5. The summed E-state index contributed by atoms with van der Waals surface area (Å²) in [6, 6.07) is 16.4. The van der Waals surface area contributed by atoms with Crippen LogP contribution >= 0.6 is 0 Å². The van der Waals surface area contributed by atoms with Crippen molar-refractivity contribution in [3.63, 3.8) is 0 Å². The summed E-state index contributed by atoms with van der Waals surface area (Å²) in [6.07, 6.45) is 4.54. The van der Waals surface area contributed by atoms with Crippen LogP contribution < -0.4 is 21.7 Å². The van der Waals surface area contributed by atoms with Crippen molar-refractivity contribution < 1.29 is 19.1 Å². The molecule has 0 unspecified atom stereocenters. The van der Waals surface area contributed by atoms with Crippen LogP contribution in [0.2, 0.25) is 0 Å². The van der Waals surface area contributed by atoms with E-state index < -0.39 is 12.1 Å². The number of aromatic nitrogens is 1. The molecular formula is C31H39N5O4. The van der Waals surface area contributed by atoms with Crippen LogP contribution in [0.4, 0.5) is 9.59 Å². The quantitative estimate of drug-likeness (QED) is 0.306. The summed E-state index contributed by atoms with van der Waals surface area (Å²) in [5.74, 6) is -0.189. The van der Waals surface area contributed by atoms with Gasteiger partial charge in [0.25, 0.3) is 5.91 Å². The molecule has 0 radical (unpaired) electrons. The minimum atomic E-state index is -0.578. The van der Waals surface area contributed by atoms with Gasteiger partial charge in [-0.2, -0.15) is 0 Å². The van der Waals surface area contributed by atoms with Gasteiger partial charge in [-0.25, -0.2) is 14.6 Å². The summed E-state index contributed by atoms with van der Waals surface area (Å²) in [5.41, 5.74) is 8.17. The molecule has 0 atom stereocenters. The fraction of sp³-hybridized carbons (Fsp3) is 0.419. The molecule has 0 saturated heterocycles. The number of nitrogens with zero attached hydrogens (tertiary/aromatic N) is 1. The number of carbonyl (C=O) groups is 3. The number of para-hydroxylation sites is 1. The number of rotatable bonds is 8. The van der Waals surface area contributed by atoms with Crippen LogP contribution in [0.15, 0.2) is 54.6 Å². The predicted molar refractivity (Wildman–Crippen MR) is 156 cm³/mol. The molecular weight excluding hydrogens is 506 g/mol. The molecule has 1 fully saturated rings. The molecule has 1 aliphatic carbocycles. The first-order valence-corrected chi connectivity index (χ1v) is 13.8. The fourth-order valence-corrected chi connectivity index (χ4v) is 5.09. The van der Waals surface area contributed by atoms with Gasteiger partial charge < -0.3 is 26.4 Å². The van der Waals surface area contributed by atoms with Gasteiger partial charge >= 0.3 is 12.1 Å². The third-order valence-electron chi connectivity index (χ3n) is 7.20. The molecule has 5 N–H and O–H groups in total. The lowest BCUT2D eigenvalue weighted by atomic mass is 9.74. The number of hydrogen-bond acceptors (Lipinski definition) is 5. The molecule has 4 rings (SSSR count). The van der Waals surface area contributed by atoms with E-state index in [0.717, 1.165) is 54.1 Å². The van der Waals surface area contributed by atoms with Crippen LogP contribution in [0.5, 0.6) is 0 Å². The number of pyridine rings is 1. The summed E-state index contributed by atoms with van der Waals surface area (Å²) in [6.45, 7) is 6.74. The third-order valence-corrected chi connectivity index (χ3v) is 7.20. The number of nitrogens with two attached hydrogens (primary N) is 1. The first-order chi connectivity index (χ1) is 19.0. The van der Waals surface area contributed by atoms with E-state index in [9.17, 15) is 14.4 Å². The van der Waals surface area contributed by atoms with Crippen molar-refractivity contribution >= 4 is 28.9 Å². The van der Waals surface area contributed by atoms with E-state index in [0.29, 0.717) is 24.3 Å². The van der Waals surface area contributed by atoms with E-state index in [4.69, 9.17) is 15.5 Å². The van der Waals surface area contributed by atoms with Gasteiger partial charge in [0.15, 0.2) is 0 Å². The average molecular weight is 546 g/mol. The second kappa shape index (κ2) is 12.4. The number of urea groups is 1. The number of benzene rings is 2. The number of hydrogen-bond donors (Lipinski definition) is 4. The number of ether oxygens (including phenoxy) is 1. The van der Waals surface area contributed by atoms with E-state index in [1.54, 1.807) is 0 Å².